The van der Waals surface area contributed by atoms with Gasteiger partial charge in [0.2, 0.25) is 0 Å². The fraction of sp³-hybridized carbons (Fsp3) is 1.00. The molecule has 0 saturated carbocycles. The van der Waals surface area contributed by atoms with Crippen molar-refractivity contribution in [3.05, 3.63) is 0 Å². The third-order valence-corrected chi connectivity index (χ3v) is 3.93. The van der Waals surface area contributed by atoms with Crippen molar-refractivity contribution in [2.75, 3.05) is 39.9 Å². The summed E-state index contributed by atoms with van der Waals surface area (Å²) in [5.41, 5.74) is -0.0584. The first kappa shape index (κ1) is 10.0. The van der Waals surface area contributed by atoms with Gasteiger partial charge < -0.3 is 14.4 Å². The van der Waals surface area contributed by atoms with Crippen molar-refractivity contribution >= 4 is 0 Å². The normalized spacial score (nSPS) is 47.0. The Labute approximate surface area is 90.9 Å². The number of likely N-dealkylation sites (N-methyl/N-ethyl adjacent to an activating group) is 1. The molecule has 2 unspecified atom stereocenters. The molecule has 86 valence electrons. The highest BCUT2D eigenvalue weighted by atomic mass is 16.6. The molecule has 0 aromatic rings. The van der Waals surface area contributed by atoms with Crippen molar-refractivity contribution in [1.82, 2.24) is 10.2 Å². The maximum atomic E-state index is 6.38. The Hall–Kier alpha value is -0.160. The number of likely N-dealkylation sites (tertiary alicyclic amines) is 1. The molecule has 2 spiro atoms. The minimum absolute atomic E-state index is 0.0242. The molecule has 1 N–H and O–H groups in total. The zero-order valence-electron chi connectivity index (χ0n) is 9.42. The molecule has 4 nitrogen and oxygen atoms in total. The Kier molecular flexibility index (Phi) is 2.28. The molecular formula is C11H20N2O2. The summed E-state index contributed by atoms with van der Waals surface area (Å²) < 4.78 is 11.9. The summed E-state index contributed by atoms with van der Waals surface area (Å²) in [4.78, 5) is 2.34. The zero-order chi connectivity index (χ0) is 10.4. The summed E-state index contributed by atoms with van der Waals surface area (Å²) in [5.74, 6) is 0. The van der Waals surface area contributed by atoms with Gasteiger partial charge in [-0.05, 0) is 13.5 Å². The first-order valence-corrected chi connectivity index (χ1v) is 5.94. The van der Waals surface area contributed by atoms with Crippen LogP contribution in [0.25, 0.3) is 0 Å². The van der Waals surface area contributed by atoms with Crippen LogP contribution < -0.4 is 5.32 Å². The number of nitrogens with zero attached hydrogens (tertiary/aromatic N) is 1. The second-order valence-corrected chi connectivity index (χ2v) is 5.25. The van der Waals surface area contributed by atoms with Crippen LogP contribution in [0.1, 0.15) is 19.3 Å². The lowest BCUT2D eigenvalue weighted by Crippen LogP contribution is -2.61. The maximum absolute atomic E-state index is 6.38. The van der Waals surface area contributed by atoms with Crippen LogP contribution >= 0.6 is 0 Å². The van der Waals surface area contributed by atoms with Crippen molar-refractivity contribution in [2.24, 2.45) is 0 Å². The molecule has 3 rings (SSSR count). The van der Waals surface area contributed by atoms with E-state index in [9.17, 15) is 0 Å². The van der Waals surface area contributed by atoms with Crippen molar-refractivity contribution in [1.29, 1.82) is 0 Å². The average Bonchev–Trinajstić information content (AvgIpc) is 2.76. The van der Waals surface area contributed by atoms with Gasteiger partial charge in [-0.25, -0.2) is 0 Å². The Balaban J connectivity index is 1.76. The van der Waals surface area contributed by atoms with Gasteiger partial charge in [-0.1, -0.05) is 0 Å². The Bertz CT molecular complexity index is 249. The third-order valence-electron chi connectivity index (χ3n) is 3.93. The lowest BCUT2D eigenvalue weighted by atomic mass is 9.94. The standard InChI is InChI=1S/C11H20N2O2/c1-13-6-3-11(8-13)12-5-2-10(15-11)4-7-14-9-10/h12H,2-9H2,1H3. The summed E-state index contributed by atoms with van der Waals surface area (Å²) in [6.07, 6.45) is 3.27. The molecule has 2 atom stereocenters. The molecular weight excluding hydrogens is 192 g/mol. The van der Waals surface area contributed by atoms with E-state index in [-0.39, 0.29) is 11.3 Å². The SMILES string of the molecule is CN1CCC2(C1)NCCC1(CCOC1)O2. The van der Waals surface area contributed by atoms with Crippen LogP contribution in [0.4, 0.5) is 0 Å². The summed E-state index contributed by atoms with van der Waals surface area (Å²) in [5, 5.41) is 3.56. The molecule has 0 radical (unpaired) electrons. The van der Waals surface area contributed by atoms with Gasteiger partial charge in [-0.15, -0.1) is 0 Å². The monoisotopic (exact) mass is 212 g/mol. The van der Waals surface area contributed by atoms with Gasteiger partial charge in [0.15, 0.2) is 0 Å². The number of nitrogens with one attached hydrogen (secondary N) is 1. The van der Waals surface area contributed by atoms with E-state index in [4.69, 9.17) is 9.47 Å². The second kappa shape index (κ2) is 3.42. The molecule has 3 aliphatic rings. The van der Waals surface area contributed by atoms with Crippen LogP contribution in [0.5, 0.6) is 0 Å². The first-order chi connectivity index (χ1) is 7.22. The molecule has 15 heavy (non-hydrogen) atoms. The van der Waals surface area contributed by atoms with Gasteiger partial charge in [0.25, 0.3) is 0 Å². The van der Waals surface area contributed by atoms with Gasteiger partial charge in [0.05, 0.1) is 12.2 Å². The first-order valence-electron chi connectivity index (χ1n) is 5.94. The minimum Gasteiger partial charge on any atom is -0.378 e. The summed E-state index contributed by atoms with van der Waals surface area (Å²) in [6, 6.07) is 0. The number of hydrogen-bond donors (Lipinski definition) is 1. The molecule has 3 saturated heterocycles. The zero-order valence-corrected chi connectivity index (χ0v) is 9.42. The van der Waals surface area contributed by atoms with Gasteiger partial charge in [0, 0.05) is 39.1 Å². The average molecular weight is 212 g/mol. The summed E-state index contributed by atoms with van der Waals surface area (Å²) >= 11 is 0. The molecule has 4 heteroatoms. The Morgan fingerprint density at radius 1 is 1.27 bits per heavy atom. The smallest absolute Gasteiger partial charge is 0.134 e. The van der Waals surface area contributed by atoms with Crippen LogP contribution in [0.15, 0.2) is 0 Å². The van der Waals surface area contributed by atoms with Crippen LogP contribution in [-0.4, -0.2) is 56.1 Å². The minimum atomic E-state index is -0.0826. The van der Waals surface area contributed by atoms with E-state index in [0.717, 1.165) is 52.1 Å². The van der Waals surface area contributed by atoms with Crippen LogP contribution in [-0.2, 0) is 9.47 Å². The fourth-order valence-electron chi connectivity index (χ4n) is 3.08. The lowest BCUT2D eigenvalue weighted by molar-refractivity contribution is -0.192. The van der Waals surface area contributed by atoms with Gasteiger partial charge in [0.1, 0.15) is 5.72 Å². The molecule has 0 aromatic heterocycles. The highest BCUT2D eigenvalue weighted by Gasteiger charge is 2.49. The number of rotatable bonds is 0. The van der Waals surface area contributed by atoms with E-state index < -0.39 is 0 Å². The van der Waals surface area contributed by atoms with Crippen molar-refractivity contribution in [3.63, 3.8) is 0 Å². The van der Waals surface area contributed by atoms with Crippen molar-refractivity contribution in [2.45, 2.75) is 30.6 Å². The van der Waals surface area contributed by atoms with E-state index in [1.807, 2.05) is 0 Å². The van der Waals surface area contributed by atoms with E-state index in [1.54, 1.807) is 0 Å². The summed E-state index contributed by atoms with van der Waals surface area (Å²) in [7, 11) is 2.16. The third kappa shape index (κ3) is 1.69. The van der Waals surface area contributed by atoms with Crippen molar-refractivity contribution < 1.29 is 9.47 Å². The van der Waals surface area contributed by atoms with Crippen molar-refractivity contribution in [3.8, 4) is 0 Å². The van der Waals surface area contributed by atoms with E-state index in [0.29, 0.717) is 0 Å². The second-order valence-electron chi connectivity index (χ2n) is 5.25. The summed E-state index contributed by atoms with van der Waals surface area (Å²) in [6.45, 7) is 4.86. The van der Waals surface area contributed by atoms with Crippen LogP contribution in [0.3, 0.4) is 0 Å². The molecule has 0 amide bonds. The molecule has 3 heterocycles. The van der Waals surface area contributed by atoms with Crippen LogP contribution in [0, 0.1) is 0 Å². The highest BCUT2D eigenvalue weighted by Crippen LogP contribution is 2.37. The maximum Gasteiger partial charge on any atom is 0.134 e. The van der Waals surface area contributed by atoms with Gasteiger partial charge in [-0.3, -0.25) is 5.32 Å². The quantitative estimate of drug-likeness (QED) is 0.621. The fourth-order valence-corrected chi connectivity index (χ4v) is 3.08. The molecule has 0 bridgehead atoms. The number of ether oxygens (including phenoxy) is 2. The topological polar surface area (TPSA) is 33.7 Å². The largest absolute Gasteiger partial charge is 0.378 e. The molecule has 0 aliphatic carbocycles. The van der Waals surface area contributed by atoms with E-state index >= 15 is 0 Å². The molecule has 3 fully saturated rings. The number of hydrogen-bond acceptors (Lipinski definition) is 4. The van der Waals surface area contributed by atoms with Crippen LogP contribution in [0.2, 0.25) is 0 Å². The highest BCUT2D eigenvalue weighted by molar-refractivity contribution is 4.99. The van der Waals surface area contributed by atoms with Gasteiger partial charge in [-0.2, -0.15) is 0 Å². The van der Waals surface area contributed by atoms with E-state index in [2.05, 4.69) is 17.3 Å². The molecule has 0 aromatic carbocycles. The predicted octanol–water partition coefficient (Wildman–Crippen LogP) is 0.187. The van der Waals surface area contributed by atoms with Gasteiger partial charge >= 0.3 is 0 Å². The van der Waals surface area contributed by atoms with E-state index in [1.165, 1.54) is 0 Å². The predicted molar refractivity (Wildman–Crippen MR) is 56.7 cm³/mol. The Morgan fingerprint density at radius 3 is 2.87 bits per heavy atom. The lowest BCUT2D eigenvalue weighted by Gasteiger charge is -2.45. The molecule has 3 aliphatic heterocycles. The Morgan fingerprint density at radius 2 is 2.20 bits per heavy atom.